The lowest BCUT2D eigenvalue weighted by molar-refractivity contribution is -0.111. The van der Waals surface area contributed by atoms with Crippen molar-refractivity contribution in [2.45, 2.75) is 6.92 Å². The minimum absolute atomic E-state index is 0.277. The molecule has 0 aliphatic heterocycles. The van der Waals surface area contributed by atoms with Gasteiger partial charge in [0.25, 0.3) is 0 Å². The van der Waals surface area contributed by atoms with Crippen LogP contribution in [0.15, 0.2) is 36.4 Å². The van der Waals surface area contributed by atoms with Crippen LogP contribution in [-0.2, 0) is 4.79 Å². The number of nitrogens with one attached hydrogen (secondary N) is 1. The van der Waals surface area contributed by atoms with E-state index in [1.807, 2.05) is 13.0 Å². The molecule has 0 unspecified atom stereocenters. The number of carbonyl (C=O) groups excluding carboxylic acids is 1. The number of hydrogen-bond acceptors (Lipinski definition) is 3. The number of rotatable bonds is 5. The van der Waals surface area contributed by atoms with Crippen LogP contribution in [0.4, 0.5) is 5.69 Å². The van der Waals surface area contributed by atoms with Crippen molar-refractivity contribution in [3.63, 3.8) is 0 Å². The molecule has 126 valence electrons. The van der Waals surface area contributed by atoms with E-state index in [4.69, 9.17) is 32.7 Å². The molecule has 2 aromatic carbocycles. The molecule has 0 aliphatic rings. The molecule has 0 heterocycles. The van der Waals surface area contributed by atoms with Crippen molar-refractivity contribution in [2.24, 2.45) is 0 Å². The van der Waals surface area contributed by atoms with E-state index in [1.165, 1.54) is 20.3 Å². The summed E-state index contributed by atoms with van der Waals surface area (Å²) in [6.45, 7) is 1.90. The highest BCUT2D eigenvalue weighted by atomic mass is 35.5. The SMILES string of the molecule is COc1cc(/C=C/C(=O)Nc2ccc(C)c(Cl)c2)cc(Cl)c1OC. The van der Waals surface area contributed by atoms with E-state index in [0.29, 0.717) is 27.2 Å². The first kappa shape index (κ1) is 18.2. The summed E-state index contributed by atoms with van der Waals surface area (Å²) in [6, 6.07) is 8.76. The van der Waals surface area contributed by atoms with Gasteiger partial charge in [0.1, 0.15) is 0 Å². The highest BCUT2D eigenvalue weighted by Crippen LogP contribution is 2.36. The molecule has 24 heavy (non-hydrogen) atoms. The van der Waals surface area contributed by atoms with E-state index in [2.05, 4.69) is 5.32 Å². The number of amides is 1. The van der Waals surface area contributed by atoms with Crippen LogP contribution in [0, 0.1) is 6.92 Å². The normalized spacial score (nSPS) is 10.7. The van der Waals surface area contributed by atoms with Gasteiger partial charge in [-0.1, -0.05) is 29.3 Å². The van der Waals surface area contributed by atoms with Gasteiger partial charge in [-0.25, -0.2) is 0 Å². The maximum atomic E-state index is 12.0. The number of aryl methyl sites for hydroxylation is 1. The Labute approximate surface area is 151 Å². The molecule has 0 fully saturated rings. The van der Waals surface area contributed by atoms with Gasteiger partial charge in [0, 0.05) is 16.8 Å². The number of anilines is 1. The predicted octanol–water partition coefficient (Wildman–Crippen LogP) is 4.97. The van der Waals surface area contributed by atoms with Gasteiger partial charge in [0.15, 0.2) is 11.5 Å². The van der Waals surface area contributed by atoms with Crippen molar-refractivity contribution in [2.75, 3.05) is 19.5 Å². The summed E-state index contributed by atoms with van der Waals surface area (Å²) in [7, 11) is 3.04. The highest BCUT2D eigenvalue weighted by Gasteiger charge is 2.10. The van der Waals surface area contributed by atoms with E-state index >= 15 is 0 Å². The minimum atomic E-state index is -0.277. The summed E-state index contributed by atoms with van der Waals surface area (Å²) in [5.41, 5.74) is 2.30. The van der Waals surface area contributed by atoms with Gasteiger partial charge < -0.3 is 14.8 Å². The lowest BCUT2D eigenvalue weighted by Crippen LogP contribution is -2.07. The second-order valence-corrected chi connectivity index (χ2v) is 5.84. The molecule has 2 rings (SSSR count). The Bertz CT molecular complexity index is 788. The first-order valence-electron chi connectivity index (χ1n) is 7.11. The van der Waals surface area contributed by atoms with E-state index in [1.54, 1.807) is 30.3 Å². The van der Waals surface area contributed by atoms with Crippen LogP contribution in [0.2, 0.25) is 10.0 Å². The average Bonchev–Trinajstić information content (AvgIpc) is 2.55. The molecule has 0 atom stereocenters. The molecule has 0 aliphatic carbocycles. The zero-order valence-corrected chi connectivity index (χ0v) is 15.0. The zero-order valence-electron chi connectivity index (χ0n) is 13.5. The van der Waals surface area contributed by atoms with Crippen LogP contribution < -0.4 is 14.8 Å². The molecule has 0 bridgehead atoms. The average molecular weight is 366 g/mol. The second-order valence-electron chi connectivity index (χ2n) is 5.02. The molecule has 1 amide bonds. The molecule has 2 aromatic rings. The first-order chi connectivity index (χ1) is 11.4. The Morgan fingerprint density at radius 1 is 1.08 bits per heavy atom. The molecule has 4 nitrogen and oxygen atoms in total. The predicted molar refractivity (Wildman–Crippen MR) is 98.4 cm³/mol. The largest absolute Gasteiger partial charge is 0.493 e. The fourth-order valence-corrected chi connectivity index (χ4v) is 2.54. The van der Waals surface area contributed by atoms with Gasteiger partial charge in [0.05, 0.1) is 19.2 Å². The molecule has 0 radical (unpaired) electrons. The molecule has 0 aromatic heterocycles. The molecular weight excluding hydrogens is 349 g/mol. The Kier molecular flexibility index (Phi) is 6.12. The fourth-order valence-electron chi connectivity index (χ4n) is 2.06. The van der Waals surface area contributed by atoms with Gasteiger partial charge in [-0.15, -0.1) is 0 Å². The molecule has 0 saturated heterocycles. The quantitative estimate of drug-likeness (QED) is 0.760. The Morgan fingerprint density at radius 3 is 2.46 bits per heavy atom. The number of carbonyl (C=O) groups is 1. The van der Waals surface area contributed by atoms with Crippen LogP contribution in [0.5, 0.6) is 11.5 Å². The fraction of sp³-hybridized carbons (Fsp3) is 0.167. The van der Waals surface area contributed by atoms with E-state index < -0.39 is 0 Å². The summed E-state index contributed by atoms with van der Waals surface area (Å²) >= 11 is 12.2. The van der Waals surface area contributed by atoms with Crippen LogP contribution in [0.1, 0.15) is 11.1 Å². The van der Waals surface area contributed by atoms with E-state index in [9.17, 15) is 4.79 Å². The van der Waals surface area contributed by atoms with Crippen molar-refractivity contribution in [1.82, 2.24) is 0 Å². The van der Waals surface area contributed by atoms with Crippen molar-refractivity contribution < 1.29 is 14.3 Å². The number of benzene rings is 2. The lowest BCUT2D eigenvalue weighted by Gasteiger charge is -2.10. The molecular formula is C18H17Cl2NO3. The number of halogens is 2. The third kappa shape index (κ3) is 4.43. The standard InChI is InChI=1S/C18H17Cl2NO3/c1-11-4-6-13(10-14(11)19)21-17(22)7-5-12-8-15(20)18(24-3)16(9-12)23-2/h4-10H,1-3H3,(H,21,22)/b7-5+. The third-order valence-corrected chi connectivity index (χ3v) is 4.01. The summed E-state index contributed by atoms with van der Waals surface area (Å²) in [4.78, 5) is 12.0. The topological polar surface area (TPSA) is 47.6 Å². The first-order valence-corrected chi connectivity index (χ1v) is 7.87. The zero-order chi connectivity index (χ0) is 17.7. The summed E-state index contributed by atoms with van der Waals surface area (Å²) in [6.07, 6.45) is 3.05. The number of methoxy groups -OCH3 is 2. The molecule has 0 saturated carbocycles. The lowest BCUT2D eigenvalue weighted by atomic mass is 10.2. The highest BCUT2D eigenvalue weighted by molar-refractivity contribution is 6.32. The maximum Gasteiger partial charge on any atom is 0.248 e. The van der Waals surface area contributed by atoms with Crippen molar-refractivity contribution >= 4 is 40.9 Å². The van der Waals surface area contributed by atoms with Crippen LogP contribution in [-0.4, -0.2) is 20.1 Å². The van der Waals surface area contributed by atoms with Crippen LogP contribution in [0.3, 0.4) is 0 Å². The monoisotopic (exact) mass is 365 g/mol. The van der Waals surface area contributed by atoms with Crippen molar-refractivity contribution in [1.29, 1.82) is 0 Å². The Hall–Kier alpha value is -2.17. The smallest absolute Gasteiger partial charge is 0.248 e. The molecule has 1 N–H and O–H groups in total. The summed E-state index contributed by atoms with van der Waals surface area (Å²) < 4.78 is 10.4. The molecule has 6 heteroatoms. The number of ether oxygens (including phenoxy) is 2. The van der Waals surface area contributed by atoms with Gasteiger partial charge in [-0.2, -0.15) is 0 Å². The van der Waals surface area contributed by atoms with Gasteiger partial charge >= 0.3 is 0 Å². The summed E-state index contributed by atoms with van der Waals surface area (Å²) in [5.74, 6) is 0.672. The van der Waals surface area contributed by atoms with Crippen LogP contribution >= 0.6 is 23.2 Å². The maximum absolute atomic E-state index is 12.0. The Balaban J connectivity index is 2.13. The van der Waals surface area contributed by atoms with Crippen LogP contribution in [0.25, 0.3) is 6.08 Å². The van der Waals surface area contributed by atoms with Crippen molar-refractivity contribution in [3.8, 4) is 11.5 Å². The van der Waals surface area contributed by atoms with Gasteiger partial charge in [-0.3, -0.25) is 4.79 Å². The van der Waals surface area contributed by atoms with Crippen molar-refractivity contribution in [3.05, 3.63) is 57.6 Å². The van der Waals surface area contributed by atoms with Gasteiger partial charge in [-0.05, 0) is 48.4 Å². The van der Waals surface area contributed by atoms with Gasteiger partial charge in [0.2, 0.25) is 5.91 Å². The minimum Gasteiger partial charge on any atom is -0.493 e. The molecule has 0 spiro atoms. The number of hydrogen-bond donors (Lipinski definition) is 1. The Morgan fingerprint density at radius 2 is 1.83 bits per heavy atom. The second kappa shape index (κ2) is 8.08. The van der Waals surface area contributed by atoms with E-state index in [-0.39, 0.29) is 5.91 Å². The third-order valence-electron chi connectivity index (χ3n) is 3.32. The van der Waals surface area contributed by atoms with E-state index in [0.717, 1.165) is 11.1 Å². The summed E-state index contributed by atoms with van der Waals surface area (Å²) in [5, 5.41) is 3.75.